The van der Waals surface area contributed by atoms with Gasteiger partial charge in [-0.25, -0.2) is 0 Å². The first kappa shape index (κ1) is 31.4. The Morgan fingerprint density at radius 2 is 1.31 bits per heavy atom. The summed E-state index contributed by atoms with van der Waals surface area (Å²) in [5, 5.41) is 5.64. The average Bonchev–Trinajstić information content (AvgIpc) is 2.98. The number of benzene rings is 4. The van der Waals surface area contributed by atoms with Gasteiger partial charge in [0.05, 0.1) is 5.75 Å². The van der Waals surface area contributed by atoms with Gasteiger partial charge in [0, 0.05) is 61.1 Å². The molecule has 4 aromatic rings. The molecule has 0 fully saturated rings. The zero-order valence-electron chi connectivity index (χ0n) is 25.6. The van der Waals surface area contributed by atoms with E-state index in [0.717, 1.165) is 42.6 Å². The van der Waals surface area contributed by atoms with Crippen LogP contribution in [0.4, 0.5) is 17.1 Å². The molecule has 1 atom stereocenters. The van der Waals surface area contributed by atoms with Gasteiger partial charge >= 0.3 is 0 Å². The second-order valence-corrected chi connectivity index (χ2v) is 12.3. The quantitative estimate of drug-likeness (QED) is 0.0894. The monoisotopic (exact) mass is 587 g/mol. The van der Waals surface area contributed by atoms with Gasteiger partial charge in [-0.2, -0.15) is 8.42 Å². The van der Waals surface area contributed by atoms with Crippen molar-refractivity contribution in [3.05, 3.63) is 101 Å². The van der Waals surface area contributed by atoms with Crippen LogP contribution in [0.3, 0.4) is 0 Å². The molecule has 0 spiro atoms. The fraction of sp³-hybridized carbons (Fsp3) is 0.371. The number of hydrogen-bond donors (Lipinski definition) is 2. The second-order valence-electron chi connectivity index (χ2n) is 10.7. The van der Waals surface area contributed by atoms with Crippen LogP contribution in [0.25, 0.3) is 10.8 Å². The van der Waals surface area contributed by atoms with E-state index in [1.54, 1.807) is 0 Å². The van der Waals surface area contributed by atoms with Gasteiger partial charge in [0.25, 0.3) is 10.1 Å². The Hall–Kier alpha value is -3.55. The molecule has 224 valence electrons. The van der Waals surface area contributed by atoms with Crippen molar-refractivity contribution in [3.8, 4) is 0 Å². The van der Waals surface area contributed by atoms with E-state index in [-0.39, 0.29) is 11.7 Å². The molecule has 7 heteroatoms. The molecule has 2 N–H and O–H groups in total. The Balaban J connectivity index is 1.82. The van der Waals surface area contributed by atoms with Crippen LogP contribution >= 0.6 is 0 Å². The first-order valence-electron chi connectivity index (χ1n) is 15.1. The molecule has 0 bridgehead atoms. The third kappa shape index (κ3) is 7.26. The Labute approximate surface area is 252 Å². The van der Waals surface area contributed by atoms with Crippen LogP contribution in [-0.4, -0.2) is 51.4 Å². The predicted octanol–water partition coefficient (Wildman–Crippen LogP) is 7.71. The van der Waals surface area contributed by atoms with Crippen molar-refractivity contribution in [2.45, 2.75) is 47.0 Å². The summed E-state index contributed by atoms with van der Waals surface area (Å²) < 4.78 is 31.5. The summed E-state index contributed by atoms with van der Waals surface area (Å²) in [6.45, 7) is 15.3. The highest BCUT2D eigenvalue weighted by Crippen LogP contribution is 2.40. The van der Waals surface area contributed by atoms with Gasteiger partial charge in [-0.05, 0) is 99.0 Å². The van der Waals surface area contributed by atoms with Crippen molar-refractivity contribution < 1.29 is 13.0 Å². The Kier molecular flexibility index (Phi) is 10.5. The minimum atomic E-state index is -3.97. The largest absolute Gasteiger partial charge is 0.385 e. The van der Waals surface area contributed by atoms with Crippen molar-refractivity contribution in [1.82, 2.24) is 0 Å². The number of rotatable bonds is 14. The normalized spacial score (nSPS) is 12.3. The molecule has 0 saturated carbocycles. The number of fused-ring (bicyclic) bond motifs is 1. The van der Waals surface area contributed by atoms with Crippen LogP contribution in [-0.2, 0) is 10.1 Å². The lowest BCUT2D eigenvalue weighted by Crippen LogP contribution is -2.22. The lowest BCUT2D eigenvalue weighted by molar-refractivity contribution is 0.481. The Bertz CT molecular complexity index is 1580. The molecular formula is C35H45N3O3S. The molecule has 0 aliphatic heterocycles. The highest BCUT2D eigenvalue weighted by atomic mass is 32.2. The smallest absolute Gasteiger partial charge is 0.264 e. The van der Waals surface area contributed by atoms with Crippen molar-refractivity contribution in [2.75, 3.05) is 53.6 Å². The minimum absolute atomic E-state index is 0.0278. The Morgan fingerprint density at radius 1 is 0.738 bits per heavy atom. The zero-order valence-corrected chi connectivity index (χ0v) is 26.4. The van der Waals surface area contributed by atoms with Gasteiger partial charge in [0.1, 0.15) is 0 Å². The fourth-order valence-corrected chi connectivity index (χ4v) is 6.48. The van der Waals surface area contributed by atoms with E-state index in [2.05, 4.69) is 123 Å². The number of nitrogens with one attached hydrogen (secondary N) is 1. The molecular weight excluding hydrogens is 542 g/mol. The third-order valence-electron chi connectivity index (χ3n) is 8.21. The van der Waals surface area contributed by atoms with Crippen LogP contribution in [0.5, 0.6) is 0 Å². The summed E-state index contributed by atoms with van der Waals surface area (Å²) >= 11 is 0. The molecule has 0 aromatic heterocycles. The summed E-state index contributed by atoms with van der Waals surface area (Å²) in [5.41, 5.74) is 8.42. The maximum atomic E-state index is 11.2. The highest BCUT2D eigenvalue weighted by molar-refractivity contribution is 7.85. The molecule has 4 aromatic carbocycles. The van der Waals surface area contributed by atoms with Crippen molar-refractivity contribution in [3.63, 3.8) is 0 Å². The summed E-state index contributed by atoms with van der Waals surface area (Å²) in [4.78, 5) is 4.74. The fourth-order valence-electron chi connectivity index (χ4n) is 5.97. The first-order chi connectivity index (χ1) is 20.2. The van der Waals surface area contributed by atoms with Gasteiger partial charge in [-0.1, -0.05) is 48.5 Å². The summed E-state index contributed by atoms with van der Waals surface area (Å²) in [6, 6.07) is 28.6. The van der Waals surface area contributed by atoms with Gasteiger partial charge < -0.3 is 15.1 Å². The predicted molar refractivity (Wildman–Crippen MR) is 179 cm³/mol. The molecule has 0 amide bonds. The molecule has 42 heavy (non-hydrogen) atoms. The third-order valence-corrected chi connectivity index (χ3v) is 9.02. The van der Waals surface area contributed by atoms with E-state index < -0.39 is 10.1 Å². The van der Waals surface area contributed by atoms with Crippen molar-refractivity contribution in [2.24, 2.45) is 0 Å². The number of anilines is 3. The summed E-state index contributed by atoms with van der Waals surface area (Å²) in [5.74, 6) is -0.232. The van der Waals surface area contributed by atoms with Gasteiger partial charge in [0.2, 0.25) is 0 Å². The number of nitrogens with zero attached hydrogens (tertiary/aromatic N) is 2. The van der Waals surface area contributed by atoms with Gasteiger partial charge in [0.15, 0.2) is 0 Å². The van der Waals surface area contributed by atoms with E-state index in [9.17, 15) is 8.42 Å². The summed E-state index contributed by atoms with van der Waals surface area (Å²) in [6.07, 6.45) is 0.328. The highest BCUT2D eigenvalue weighted by Gasteiger charge is 2.23. The lowest BCUT2D eigenvalue weighted by atomic mass is 9.80. The zero-order chi connectivity index (χ0) is 30.3. The number of hydrogen-bond acceptors (Lipinski definition) is 5. The average molecular weight is 588 g/mol. The molecule has 4 rings (SSSR count). The molecule has 0 radical (unpaired) electrons. The van der Waals surface area contributed by atoms with E-state index in [1.807, 2.05) is 6.07 Å². The Morgan fingerprint density at radius 3 is 1.90 bits per heavy atom. The topological polar surface area (TPSA) is 72.9 Å². The maximum absolute atomic E-state index is 11.2. The second kappa shape index (κ2) is 14.1. The maximum Gasteiger partial charge on any atom is 0.264 e. The summed E-state index contributed by atoms with van der Waals surface area (Å²) in [7, 11) is -3.97. The van der Waals surface area contributed by atoms with Gasteiger partial charge in [-0.3, -0.25) is 4.55 Å². The van der Waals surface area contributed by atoms with Crippen LogP contribution in [0.15, 0.2) is 78.9 Å². The molecule has 0 saturated heterocycles. The van der Waals surface area contributed by atoms with Crippen LogP contribution in [0.2, 0.25) is 0 Å². The lowest BCUT2D eigenvalue weighted by Gasteiger charge is -2.27. The van der Waals surface area contributed by atoms with Crippen LogP contribution in [0.1, 0.15) is 62.3 Å². The SMILES string of the molecule is CCN(CC)c1ccc(C(c2ccc(N(CC)CC)cc2C)c2ccc(NCCCS(=O)(=O)O)c3ccccc23)cc1. The molecule has 0 heterocycles. The standard InChI is InChI=1S/C35H45N3O3S/c1-6-37(7-2)28-17-15-27(16-18-28)35(30-20-19-29(25-26(30)5)38(8-3)9-4)33-21-22-34(32-14-11-10-13-31(32)33)36-23-12-24-42(39,40)41/h10-11,13-22,25,35-36H,6-9,12,23-24H2,1-5H3,(H,39,40,41). The first-order valence-corrected chi connectivity index (χ1v) is 16.7. The van der Waals surface area contributed by atoms with E-state index in [0.29, 0.717) is 13.0 Å². The number of aryl methyl sites for hydroxylation is 1. The van der Waals surface area contributed by atoms with Crippen molar-refractivity contribution >= 4 is 38.0 Å². The minimum Gasteiger partial charge on any atom is -0.385 e. The van der Waals surface area contributed by atoms with Crippen LogP contribution < -0.4 is 15.1 Å². The molecule has 0 aliphatic rings. The van der Waals surface area contributed by atoms with E-state index in [4.69, 9.17) is 4.55 Å². The molecule has 6 nitrogen and oxygen atoms in total. The van der Waals surface area contributed by atoms with E-state index in [1.165, 1.54) is 33.6 Å². The van der Waals surface area contributed by atoms with Crippen LogP contribution in [0, 0.1) is 6.92 Å². The molecule has 0 aliphatic carbocycles. The van der Waals surface area contributed by atoms with E-state index >= 15 is 0 Å². The van der Waals surface area contributed by atoms with Crippen molar-refractivity contribution in [1.29, 1.82) is 0 Å². The van der Waals surface area contributed by atoms with Gasteiger partial charge in [-0.15, -0.1) is 0 Å². The molecule has 1 unspecified atom stereocenters.